The van der Waals surface area contributed by atoms with Crippen LogP contribution in [-0.2, 0) is 4.84 Å². The van der Waals surface area contributed by atoms with Gasteiger partial charge >= 0.3 is 0 Å². The minimum Gasteiger partial charge on any atom is -0.351 e. The van der Waals surface area contributed by atoms with E-state index in [1.807, 2.05) is 0 Å². The molecule has 1 aliphatic rings. The van der Waals surface area contributed by atoms with Crippen molar-refractivity contribution in [1.82, 2.24) is 20.0 Å². The molecule has 2 rings (SSSR count). The van der Waals surface area contributed by atoms with E-state index in [9.17, 15) is 0 Å². The van der Waals surface area contributed by atoms with Gasteiger partial charge in [0.05, 0.1) is 6.61 Å². The molecule has 8 heteroatoms. The summed E-state index contributed by atoms with van der Waals surface area (Å²) in [5, 5.41) is 5.95. The van der Waals surface area contributed by atoms with Gasteiger partial charge in [-0.15, -0.1) is 0 Å². The molecule has 166 valence electrons. The van der Waals surface area contributed by atoms with Crippen LogP contribution in [0.15, 0.2) is 0 Å². The molecule has 1 atom stereocenters. The largest absolute Gasteiger partial charge is 0.351 e. The number of piperidine rings is 1. The highest BCUT2D eigenvalue weighted by atomic mass is 35.5. The smallest absolute Gasteiger partial charge is 0.228 e. The minimum atomic E-state index is -0.0688. The van der Waals surface area contributed by atoms with Crippen molar-refractivity contribution in [3.8, 4) is 0 Å². The van der Waals surface area contributed by atoms with Crippen molar-refractivity contribution in [2.24, 2.45) is 5.92 Å². The maximum atomic E-state index is 6.30. The molecule has 1 fully saturated rings. The Morgan fingerprint density at radius 3 is 2.10 bits per heavy atom. The monoisotopic (exact) mass is 445 g/mol. The van der Waals surface area contributed by atoms with Gasteiger partial charge in [-0.3, -0.25) is 4.84 Å². The van der Waals surface area contributed by atoms with Crippen LogP contribution < -0.4 is 5.32 Å². The van der Waals surface area contributed by atoms with Crippen LogP contribution in [0.2, 0.25) is 10.6 Å². The zero-order valence-electron chi connectivity index (χ0n) is 18.8. The molecular weight excluding hydrogens is 409 g/mol. The summed E-state index contributed by atoms with van der Waals surface area (Å²) in [6.45, 7) is 14.3. The third kappa shape index (κ3) is 6.91. The molecule has 1 aromatic rings. The van der Waals surface area contributed by atoms with Gasteiger partial charge < -0.3 is 5.32 Å². The van der Waals surface area contributed by atoms with Gasteiger partial charge in [-0.1, -0.05) is 33.1 Å². The second kappa shape index (κ2) is 10.6. The van der Waals surface area contributed by atoms with E-state index in [-0.39, 0.29) is 27.7 Å². The highest BCUT2D eigenvalue weighted by Crippen LogP contribution is 2.44. The molecule has 1 aliphatic heterocycles. The quantitative estimate of drug-likeness (QED) is 0.435. The third-order valence-corrected chi connectivity index (χ3v) is 5.99. The summed E-state index contributed by atoms with van der Waals surface area (Å²) in [4.78, 5) is 18.6. The fraction of sp³-hybridized carbons (Fsp3) is 0.857. The lowest BCUT2D eigenvalue weighted by atomic mass is 9.71. The lowest BCUT2D eigenvalue weighted by molar-refractivity contribution is -0.288. The van der Waals surface area contributed by atoms with E-state index in [2.05, 4.69) is 66.9 Å². The molecule has 1 saturated heterocycles. The Kier molecular flexibility index (Phi) is 8.95. The summed E-state index contributed by atoms with van der Waals surface area (Å²) in [7, 11) is 0. The zero-order valence-corrected chi connectivity index (χ0v) is 20.3. The van der Waals surface area contributed by atoms with E-state index < -0.39 is 0 Å². The summed E-state index contributed by atoms with van der Waals surface area (Å²) in [6, 6.07) is 0.232. The maximum Gasteiger partial charge on any atom is 0.228 e. The molecule has 6 nitrogen and oxygen atoms in total. The first-order valence-corrected chi connectivity index (χ1v) is 11.6. The third-order valence-electron chi connectivity index (χ3n) is 5.66. The Bertz CT molecular complexity index is 618. The highest BCUT2D eigenvalue weighted by molar-refractivity contribution is 6.31. The molecule has 0 aromatic carbocycles. The Morgan fingerprint density at radius 2 is 1.59 bits per heavy atom. The van der Waals surface area contributed by atoms with Crippen molar-refractivity contribution in [2.45, 2.75) is 104 Å². The van der Waals surface area contributed by atoms with Crippen LogP contribution in [0.3, 0.4) is 0 Å². The summed E-state index contributed by atoms with van der Waals surface area (Å²) < 4.78 is 0. The van der Waals surface area contributed by atoms with Crippen molar-refractivity contribution in [3.05, 3.63) is 10.6 Å². The average molecular weight is 446 g/mol. The van der Waals surface area contributed by atoms with Gasteiger partial charge in [-0.05, 0) is 82.5 Å². The molecule has 2 heterocycles. The van der Waals surface area contributed by atoms with Crippen LogP contribution in [0.25, 0.3) is 0 Å². The lowest BCUT2D eigenvalue weighted by Crippen LogP contribution is -2.62. The zero-order chi connectivity index (χ0) is 21.7. The molecule has 0 bridgehead atoms. The van der Waals surface area contributed by atoms with Crippen LogP contribution in [0, 0.1) is 5.92 Å². The molecule has 1 unspecified atom stereocenters. The first-order chi connectivity index (χ1) is 13.6. The average Bonchev–Trinajstić information content (AvgIpc) is 2.58. The Hall–Kier alpha value is -0.690. The molecule has 1 aromatic heterocycles. The summed E-state index contributed by atoms with van der Waals surface area (Å²) in [6.07, 6.45) is 7.64. The van der Waals surface area contributed by atoms with Crippen molar-refractivity contribution in [3.63, 3.8) is 0 Å². The molecule has 0 amide bonds. The van der Waals surface area contributed by atoms with E-state index in [4.69, 9.17) is 28.0 Å². The molecule has 0 spiro atoms. The number of halogens is 2. The topological polar surface area (TPSA) is 63.2 Å². The summed E-state index contributed by atoms with van der Waals surface area (Å²) >= 11 is 11.9. The van der Waals surface area contributed by atoms with Crippen LogP contribution in [-0.4, -0.2) is 43.7 Å². The number of unbranched alkanes of at least 4 members (excludes halogenated alkanes) is 2. The van der Waals surface area contributed by atoms with Crippen molar-refractivity contribution < 1.29 is 4.84 Å². The SMILES string of the molecule is CCCCCON1C(C)(C)CC(C(CCC)Nc2nc(Cl)nc(Cl)n2)CC1(C)C. The van der Waals surface area contributed by atoms with E-state index >= 15 is 0 Å². The fourth-order valence-electron chi connectivity index (χ4n) is 4.78. The van der Waals surface area contributed by atoms with E-state index in [1.54, 1.807) is 0 Å². The number of aromatic nitrogens is 3. The van der Waals surface area contributed by atoms with Crippen LogP contribution >= 0.6 is 23.2 Å². The predicted octanol–water partition coefficient (Wildman–Crippen LogP) is 6.15. The molecular formula is C21H37Cl2N5O. The first kappa shape index (κ1) is 24.6. The van der Waals surface area contributed by atoms with Crippen molar-refractivity contribution in [2.75, 3.05) is 11.9 Å². The summed E-state index contributed by atoms with van der Waals surface area (Å²) in [5.41, 5.74) is -0.138. The Labute approximate surface area is 186 Å². The van der Waals surface area contributed by atoms with Crippen molar-refractivity contribution in [1.29, 1.82) is 0 Å². The number of anilines is 1. The van der Waals surface area contributed by atoms with Crippen LogP contribution in [0.5, 0.6) is 0 Å². The molecule has 1 N–H and O–H groups in total. The Balaban J connectivity index is 2.15. The maximum absolute atomic E-state index is 6.30. The molecule has 0 saturated carbocycles. The molecule has 0 aliphatic carbocycles. The second-order valence-corrected chi connectivity index (χ2v) is 10.0. The second-order valence-electron chi connectivity index (χ2n) is 9.36. The van der Waals surface area contributed by atoms with Gasteiger partial charge in [0, 0.05) is 17.1 Å². The van der Waals surface area contributed by atoms with Gasteiger partial charge in [0.25, 0.3) is 0 Å². The number of rotatable bonds is 10. The standard InChI is InChI=1S/C21H37Cl2N5O/c1-7-9-10-12-29-28-20(3,4)13-15(14-21(28,5)6)16(11-8-2)24-19-26-17(22)25-18(23)27-19/h15-16H,7-14H2,1-6H3,(H,24,25,26,27). The van der Waals surface area contributed by atoms with E-state index in [0.29, 0.717) is 11.9 Å². The van der Waals surface area contributed by atoms with Gasteiger partial charge in [0.2, 0.25) is 16.5 Å². The normalized spacial score (nSPS) is 20.6. The first-order valence-electron chi connectivity index (χ1n) is 10.9. The number of hydroxylamine groups is 2. The van der Waals surface area contributed by atoms with Gasteiger partial charge in [0.15, 0.2) is 0 Å². The van der Waals surface area contributed by atoms with Crippen molar-refractivity contribution >= 4 is 29.2 Å². The van der Waals surface area contributed by atoms with Gasteiger partial charge in [-0.25, -0.2) is 0 Å². The summed E-state index contributed by atoms with van der Waals surface area (Å²) in [5.74, 6) is 0.895. The highest BCUT2D eigenvalue weighted by Gasteiger charge is 2.48. The number of hydrogen-bond acceptors (Lipinski definition) is 6. The number of nitrogens with zero attached hydrogens (tertiary/aromatic N) is 4. The van der Waals surface area contributed by atoms with Crippen LogP contribution in [0.1, 0.15) is 86.5 Å². The number of nitrogens with one attached hydrogen (secondary N) is 1. The number of hydrogen-bond donors (Lipinski definition) is 1. The Morgan fingerprint density at radius 1 is 1.00 bits per heavy atom. The van der Waals surface area contributed by atoms with E-state index in [1.165, 1.54) is 12.8 Å². The molecule has 29 heavy (non-hydrogen) atoms. The van der Waals surface area contributed by atoms with Gasteiger partial charge in [0.1, 0.15) is 0 Å². The fourth-order valence-corrected chi connectivity index (χ4v) is 5.14. The van der Waals surface area contributed by atoms with E-state index in [0.717, 1.165) is 38.7 Å². The minimum absolute atomic E-state index is 0.0688. The van der Waals surface area contributed by atoms with Gasteiger partial charge in [-0.2, -0.15) is 20.0 Å². The lowest BCUT2D eigenvalue weighted by Gasteiger charge is -2.55. The molecule has 0 radical (unpaired) electrons. The van der Waals surface area contributed by atoms with Crippen LogP contribution in [0.4, 0.5) is 5.95 Å². The predicted molar refractivity (Wildman–Crippen MR) is 120 cm³/mol.